The highest BCUT2D eigenvalue weighted by Crippen LogP contribution is 2.25. The summed E-state index contributed by atoms with van der Waals surface area (Å²) < 4.78 is 0. The smallest absolute Gasteiger partial charge is 0.258 e. The number of aryl methyl sites for hydroxylation is 2. The molecule has 0 bridgehead atoms. The van der Waals surface area contributed by atoms with Crippen molar-refractivity contribution in [2.45, 2.75) is 20.4 Å². The minimum absolute atomic E-state index is 0.00868. The SMILES string of the molecule is Cc1cc(C)nc(N(Cc2cc([N+](=O)[O-])cc([N+](=O)[O-])c2)/N=C/c2ccccc2)n1. The largest absolute Gasteiger partial charge is 0.276 e. The summed E-state index contributed by atoms with van der Waals surface area (Å²) in [4.78, 5) is 29.8. The molecule has 0 atom stereocenters. The summed E-state index contributed by atoms with van der Waals surface area (Å²) in [6, 6.07) is 14.6. The molecule has 0 aliphatic heterocycles. The Kier molecular flexibility index (Phi) is 6.06. The number of aromatic nitrogens is 2. The van der Waals surface area contributed by atoms with E-state index in [2.05, 4.69) is 15.1 Å². The van der Waals surface area contributed by atoms with E-state index in [1.54, 1.807) is 12.3 Å². The summed E-state index contributed by atoms with van der Waals surface area (Å²) in [6.07, 6.45) is 1.60. The molecule has 3 aromatic rings. The zero-order valence-corrected chi connectivity index (χ0v) is 16.3. The lowest BCUT2D eigenvalue weighted by Crippen LogP contribution is -2.20. The number of hydrogen-bond acceptors (Lipinski definition) is 8. The lowest BCUT2D eigenvalue weighted by molar-refractivity contribution is -0.394. The minimum Gasteiger partial charge on any atom is -0.258 e. The van der Waals surface area contributed by atoms with Crippen LogP contribution in [-0.4, -0.2) is 26.0 Å². The van der Waals surface area contributed by atoms with Gasteiger partial charge < -0.3 is 0 Å². The molecule has 30 heavy (non-hydrogen) atoms. The van der Waals surface area contributed by atoms with Crippen LogP contribution in [0, 0.1) is 34.1 Å². The van der Waals surface area contributed by atoms with Crippen molar-refractivity contribution in [3.63, 3.8) is 0 Å². The van der Waals surface area contributed by atoms with Crippen LogP contribution in [0.15, 0.2) is 59.7 Å². The monoisotopic (exact) mass is 406 g/mol. The van der Waals surface area contributed by atoms with Crippen LogP contribution in [0.25, 0.3) is 0 Å². The van der Waals surface area contributed by atoms with Gasteiger partial charge in [0.1, 0.15) is 0 Å². The second kappa shape index (κ2) is 8.86. The van der Waals surface area contributed by atoms with Gasteiger partial charge in [0.25, 0.3) is 11.4 Å². The number of non-ortho nitro benzene ring substituents is 2. The summed E-state index contributed by atoms with van der Waals surface area (Å²) in [6.45, 7) is 3.64. The van der Waals surface area contributed by atoms with E-state index in [9.17, 15) is 20.2 Å². The molecule has 10 nitrogen and oxygen atoms in total. The molecular formula is C20H18N6O4. The number of nitro groups is 2. The van der Waals surface area contributed by atoms with E-state index in [0.717, 1.165) is 23.0 Å². The summed E-state index contributed by atoms with van der Waals surface area (Å²) in [5, 5.41) is 28.3. The molecule has 3 rings (SSSR count). The van der Waals surface area contributed by atoms with Crippen molar-refractivity contribution in [1.29, 1.82) is 0 Å². The van der Waals surface area contributed by atoms with Gasteiger partial charge in [-0.3, -0.25) is 20.2 Å². The Labute approximate surface area is 171 Å². The number of nitrogens with zero attached hydrogens (tertiary/aromatic N) is 6. The Morgan fingerprint density at radius 2 is 1.50 bits per heavy atom. The zero-order valence-electron chi connectivity index (χ0n) is 16.3. The third-order valence-electron chi connectivity index (χ3n) is 4.06. The third kappa shape index (κ3) is 5.19. The standard InChI is InChI=1S/C20H18N6O4/c1-14-8-15(2)23-20(22-14)24(21-12-16-6-4-3-5-7-16)13-17-9-18(25(27)28)11-19(10-17)26(29)30/h3-12H,13H2,1-2H3/b21-12+. The molecule has 152 valence electrons. The Hall–Kier alpha value is -4.21. The molecule has 0 N–H and O–H groups in total. The summed E-state index contributed by atoms with van der Waals surface area (Å²) >= 11 is 0. The molecule has 0 aliphatic rings. The maximum absolute atomic E-state index is 11.2. The molecule has 0 saturated heterocycles. The van der Waals surface area contributed by atoms with Gasteiger partial charge in [-0.1, -0.05) is 30.3 Å². The van der Waals surface area contributed by atoms with Crippen molar-refractivity contribution in [3.05, 3.63) is 97.3 Å². The maximum Gasteiger partial charge on any atom is 0.276 e. The number of hydrogen-bond donors (Lipinski definition) is 0. The first kappa shape index (κ1) is 20.5. The van der Waals surface area contributed by atoms with Crippen molar-refractivity contribution in [2.75, 3.05) is 5.01 Å². The molecule has 10 heteroatoms. The number of benzene rings is 2. The molecule has 1 aromatic heterocycles. The van der Waals surface area contributed by atoms with Gasteiger partial charge >= 0.3 is 0 Å². The molecule has 2 aromatic carbocycles. The van der Waals surface area contributed by atoms with Crippen LogP contribution in [0.4, 0.5) is 17.3 Å². The van der Waals surface area contributed by atoms with Gasteiger partial charge in [-0.2, -0.15) is 5.10 Å². The number of rotatable bonds is 7. The Morgan fingerprint density at radius 3 is 2.03 bits per heavy atom. The molecule has 0 amide bonds. The second-order valence-electron chi connectivity index (χ2n) is 6.54. The second-order valence-corrected chi connectivity index (χ2v) is 6.54. The van der Waals surface area contributed by atoms with E-state index in [1.165, 1.54) is 17.1 Å². The number of nitro benzene ring substituents is 2. The Balaban J connectivity index is 2.03. The van der Waals surface area contributed by atoms with Crippen molar-refractivity contribution in [3.8, 4) is 0 Å². The van der Waals surface area contributed by atoms with Crippen LogP contribution in [0.1, 0.15) is 22.5 Å². The van der Waals surface area contributed by atoms with E-state index >= 15 is 0 Å². The zero-order chi connectivity index (χ0) is 21.7. The van der Waals surface area contributed by atoms with Crippen molar-refractivity contribution in [2.24, 2.45) is 5.10 Å². The first-order valence-corrected chi connectivity index (χ1v) is 8.93. The fraction of sp³-hybridized carbons (Fsp3) is 0.150. The fourth-order valence-electron chi connectivity index (χ4n) is 2.79. The average Bonchev–Trinajstić information content (AvgIpc) is 2.70. The van der Waals surface area contributed by atoms with Crippen LogP contribution in [0.3, 0.4) is 0 Å². The van der Waals surface area contributed by atoms with Gasteiger partial charge in [0.05, 0.1) is 28.7 Å². The van der Waals surface area contributed by atoms with Crippen LogP contribution < -0.4 is 5.01 Å². The molecule has 1 heterocycles. The van der Waals surface area contributed by atoms with Crippen LogP contribution in [-0.2, 0) is 6.54 Å². The lowest BCUT2D eigenvalue weighted by Gasteiger charge is -2.18. The topological polar surface area (TPSA) is 128 Å². The van der Waals surface area contributed by atoms with E-state index in [0.29, 0.717) is 5.56 Å². The van der Waals surface area contributed by atoms with Gasteiger partial charge in [-0.15, -0.1) is 0 Å². The van der Waals surface area contributed by atoms with Gasteiger partial charge in [-0.05, 0) is 31.0 Å². The van der Waals surface area contributed by atoms with Crippen LogP contribution in [0.5, 0.6) is 0 Å². The highest BCUT2D eigenvalue weighted by Gasteiger charge is 2.19. The van der Waals surface area contributed by atoms with E-state index in [4.69, 9.17) is 0 Å². The summed E-state index contributed by atoms with van der Waals surface area (Å²) in [5.41, 5.74) is 1.88. The van der Waals surface area contributed by atoms with Gasteiger partial charge in [0.2, 0.25) is 5.95 Å². The highest BCUT2D eigenvalue weighted by atomic mass is 16.6. The summed E-state index contributed by atoms with van der Waals surface area (Å²) in [5.74, 6) is 0.286. The molecule has 0 saturated carbocycles. The van der Waals surface area contributed by atoms with Gasteiger partial charge in [0.15, 0.2) is 0 Å². The number of hydrazone groups is 1. The van der Waals surface area contributed by atoms with E-state index in [1.807, 2.05) is 44.2 Å². The van der Waals surface area contributed by atoms with Gasteiger partial charge in [0, 0.05) is 23.5 Å². The quantitative estimate of drug-likeness (QED) is 0.330. The van der Waals surface area contributed by atoms with Crippen molar-refractivity contribution < 1.29 is 9.85 Å². The molecular weight excluding hydrogens is 388 g/mol. The fourth-order valence-corrected chi connectivity index (χ4v) is 2.79. The van der Waals surface area contributed by atoms with Crippen molar-refractivity contribution >= 4 is 23.5 Å². The van der Waals surface area contributed by atoms with Crippen LogP contribution in [0.2, 0.25) is 0 Å². The third-order valence-corrected chi connectivity index (χ3v) is 4.06. The van der Waals surface area contributed by atoms with E-state index < -0.39 is 9.85 Å². The lowest BCUT2D eigenvalue weighted by atomic mass is 10.1. The van der Waals surface area contributed by atoms with E-state index in [-0.39, 0.29) is 23.9 Å². The predicted octanol–water partition coefficient (Wildman–Crippen LogP) is 3.95. The Morgan fingerprint density at radius 1 is 0.933 bits per heavy atom. The van der Waals surface area contributed by atoms with Gasteiger partial charge in [-0.25, -0.2) is 15.0 Å². The average molecular weight is 406 g/mol. The number of anilines is 1. The first-order valence-electron chi connectivity index (χ1n) is 8.93. The normalized spacial score (nSPS) is 10.9. The molecule has 0 radical (unpaired) electrons. The molecule has 0 spiro atoms. The van der Waals surface area contributed by atoms with Crippen molar-refractivity contribution in [1.82, 2.24) is 9.97 Å². The van der Waals surface area contributed by atoms with Crippen LogP contribution >= 0.6 is 0 Å². The minimum atomic E-state index is -0.665. The summed E-state index contributed by atoms with van der Waals surface area (Å²) in [7, 11) is 0. The first-order chi connectivity index (χ1) is 14.3. The highest BCUT2D eigenvalue weighted by molar-refractivity contribution is 5.80. The Bertz CT molecular complexity index is 1070. The maximum atomic E-state index is 11.2. The molecule has 0 fully saturated rings. The molecule has 0 unspecified atom stereocenters. The molecule has 0 aliphatic carbocycles. The predicted molar refractivity (Wildman–Crippen MR) is 111 cm³/mol.